The Labute approximate surface area is 145 Å². The standard InChI is InChI=1S/C16H18N4O3.ClH/c21-15(8-17-6-10-1-2-10)19-16-12(7-18-20-16)11-3-4-13-14(5-11)23-9-22-13;/h3-5,7,10,17H,1-2,6,8-9H2,(H2,18,19,20,21);1H. The van der Waals surface area contributed by atoms with E-state index in [0.29, 0.717) is 18.1 Å². The first-order valence-corrected chi connectivity index (χ1v) is 7.73. The third-order valence-electron chi connectivity index (χ3n) is 4.00. The van der Waals surface area contributed by atoms with Gasteiger partial charge in [0.2, 0.25) is 12.7 Å². The van der Waals surface area contributed by atoms with Crippen molar-refractivity contribution in [2.45, 2.75) is 12.8 Å². The number of hydrogen-bond donors (Lipinski definition) is 3. The van der Waals surface area contributed by atoms with Gasteiger partial charge >= 0.3 is 0 Å². The van der Waals surface area contributed by atoms with E-state index in [1.807, 2.05) is 18.2 Å². The number of carbonyl (C=O) groups excluding carboxylic acids is 1. The van der Waals surface area contributed by atoms with Crippen molar-refractivity contribution in [1.82, 2.24) is 15.5 Å². The minimum atomic E-state index is -0.0862. The lowest BCUT2D eigenvalue weighted by Gasteiger charge is -2.07. The number of halogens is 1. The number of rotatable bonds is 6. The van der Waals surface area contributed by atoms with Crippen LogP contribution in [-0.4, -0.2) is 36.0 Å². The molecule has 0 unspecified atom stereocenters. The zero-order valence-electron chi connectivity index (χ0n) is 13.0. The monoisotopic (exact) mass is 350 g/mol. The number of nitrogens with one attached hydrogen (secondary N) is 3. The Hall–Kier alpha value is -2.25. The van der Waals surface area contributed by atoms with E-state index in [1.165, 1.54) is 12.8 Å². The lowest BCUT2D eigenvalue weighted by atomic mass is 10.1. The molecule has 0 atom stereocenters. The molecule has 0 saturated heterocycles. The van der Waals surface area contributed by atoms with Crippen LogP contribution in [0.25, 0.3) is 11.1 Å². The molecule has 24 heavy (non-hydrogen) atoms. The van der Waals surface area contributed by atoms with Crippen molar-refractivity contribution in [2.75, 3.05) is 25.2 Å². The topological polar surface area (TPSA) is 88.3 Å². The molecule has 3 N–H and O–H groups in total. The van der Waals surface area contributed by atoms with Crippen LogP contribution in [0.2, 0.25) is 0 Å². The predicted octanol–water partition coefficient (Wildman–Crippen LogP) is 2.17. The molecule has 2 aromatic rings. The summed E-state index contributed by atoms with van der Waals surface area (Å²) in [6, 6.07) is 5.65. The summed E-state index contributed by atoms with van der Waals surface area (Å²) < 4.78 is 10.7. The highest BCUT2D eigenvalue weighted by molar-refractivity contribution is 5.95. The molecule has 8 heteroatoms. The van der Waals surface area contributed by atoms with Gasteiger partial charge < -0.3 is 20.1 Å². The summed E-state index contributed by atoms with van der Waals surface area (Å²) >= 11 is 0. The van der Waals surface area contributed by atoms with Gasteiger partial charge in [-0.1, -0.05) is 6.07 Å². The number of hydrogen-bond acceptors (Lipinski definition) is 5. The summed E-state index contributed by atoms with van der Waals surface area (Å²) in [6.07, 6.45) is 4.22. The Morgan fingerprint density at radius 2 is 2.12 bits per heavy atom. The van der Waals surface area contributed by atoms with Gasteiger partial charge in [0.15, 0.2) is 11.5 Å². The van der Waals surface area contributed by atoms with Crippen LogP contribution >= 0.6 is 12.4 Å². The van der Waals surface area contributed by atoms with Crippen molar-refractivity contribution < 1.29 is 14.3 Å². The van der Waals surface area contributed by atoms with Gasteiger partial charge in [-0.25, -0.2) is 0 Å². The summed E-state index contributed by atoms with van der Waals surface area (Å²) in [7, 11) is 0. The van der Waals surface area contributed by atoms with E-state index >= 15 is 0 Å². The number of aromatic amines is 1. The second-order valence-electron chi connectivity index (χ2n) is 5.85. The Morgan fingerprint density at radius 1 is 1.29 bits per heavy atom. The number of fused-ring (bicyclic) bond motifs is 1. The van der Waals surface area contributed by atoms with Crippen molar-refractivity contribution in [3.63, 3.8) is 0 Å². The highest BCUT2D eigenvalue weighted by atomic mass is 35.5. The second-order valence-corrected chi connectivity index (χ2v) is 5.85. The first-order valence-electron chi connectivity index (χ1n) is 7.73. The van der Waals surface area contributed by atoms with E-state index in [-0.39, 0.29) is 25.1 Å². The van der Waals surface area contributed by atoms with Crippen molar-refractivity contribution in [3.8, 4) is 22.6 Å². The molecular formula is C16H19ClN4O3. The lowest BCUT2D eigenvalue weighted by Crippen LogP contribution is -2.29. The van der Waals surface area contributed by atoms with E-state index in [9.17, 15) is 4.79 Å². The smallest absolute Gasteiger partial charge is 0.239 e. The van der Waals surface area contributed by atoms with Crippen LogP contribution < -0.4 is 20.1 Å². The Kier molecular flexibility index (Phi) is 4.92. The van der Waals surface area contributed by atoms with Crippen molar-refractivity contribution in [1.29, 1.82) is 0 Å². The normalized spacial score (nSPS) is 15.0. The van der Waals surface area contributed by atoms with Gasteiger partial charge in [0, 0.05) is 5.56 Å². The van der Waals surface area contributed by atoms with Crippen LogP contribution in [0, 0.1) is 5.92 Å². The molecule has 4 rings (SSSR count). The van der Waals surface area contributed by atoms with Crippen LogP contribution in [-0.2, 0) is 4.79 Å². The molecule has 2 heterocycles. The molecule has 1 aliphatic heterocycles. The molecule has 1 aromatic carbocycles. The fraction of sp³-hybridized carbons (Fsp3) is 0.375. The fourth-order valence-electron chi connectivity index (χ4n) is 2.56. The van der Waals surface area contributed by atoms with Gasteiger partial charge in [0.1, 0.15) is 5.82 Å². The van der Waals surface area contributed by atoms with E-state index < -0.39 is 0 Å². The Balaban J connectivity index is 0.00000169. The van der Waals surface area contributed by atoms with Gasteiger partial charge in [-0.15, -0.1) is 12.4 Å². The highest BCUT2D eigenvalue weighted by Gasteiger charge is 2.21. The predicted molar refractivity (Wildman–Crippen MR) is 91.6 cm³/mol. The van der Waals surface area contributed by atoms with Crippen LogP contribution in [0.4, 0.5) is 5.82 Å². The Morgan fingerprint density at radius 3 is 2.96 bits per heavy atom. The summed E-state index contributed by atoms with van der Waals surface area (Å²) in [5.41, 5.74) is 1.73. The molecule has 128 valence electrons. The molecule has 2 aliphatic rings. The summed E-state index contributed by atoms with van der Waals surface area (Å²) in [4.78, 5) is 12.0. The number of nitrogens with zero attached hydrogens (tertiary/aromatic N) is 1. The zero-order valence-corrected chi connectivity index (χ0v) is 13.8. The molecule has 0 spiro atoms. The maximum Gasteiger partial charge on any atom is 0.239 e. The second kappa shape index (κ2) is 7.11. The van der Waals surface area contributed by atoms with Crippen LogP contribution in [0.3, 0.4) is 0 Å². The SMILES string of the molecule is Cl.O=C(CNCC1CC1)Nc1[nH]ncc1-c1ccc2c(c1)OCO2. The average molecular weight is 351 g/mol. The number of aromatic nitrogens is 2. The number of carbonyl (C=O) groups is 1. The average Bonchev–Trinajstić information content (AvgIpc) is 3.07. The maximum atomic E-state index is 12.0. The van der Waals surface area contributed by atoms with Gasteiger partial charge in [-0.2, -0.15) is 5.10 Å². The van der Waals surface area contributed by atoms with Crippen molar-refractivity contribution >= 4 is 24.1 Å². The lowest BCUT2D eigenvalue weighted by molar-refractivity contribution is -0.115. The number of H-pyrrole nitrogens is 1. The van der Waals surface area contributed by atoms with Gasteiger partial charge in [-0.05, 0) is 43.0 Å². The molecule has 0 bridgehead atoms. The van der Waals surface area contributed by atoms with E-state index in [2.05, 4.69) is 20.8 Å². The molecule has 1 fully saturated rings. The van der Waals surface area contributed by atoms with E-state index in [1.54, 1.807) is 6.20 Å². The number of amides is 1. The molecular weight excluding hydrogens is 332 g/mol. The fourth-order valence-corrected chi connectivity index (χ4v) is 2.56. The van der Waals surface area contributed by atoms with Gasteiger partial charge in [0.05, 0.1) is 12.7 Å². The largest absolute Gasteiger partial charge is 0.454 e. The summed E-state index contributed by atoms with van der Waals surface area (Å²) in [5.74, 6) is 2.68. The first kappa shape index (κ1) is 16.6. The summed E-state index contributed by atoms with van der Waals surface area (Å²) in [6.45, 7) is 1.45. The highest BCUT2D eigenvalue weighted by Crippen LogP contribution is 2.37. The third-order valence-corrected chi connectivity index (χ3v) is 4.00. The van der Waals surface area contributed by atoms with Crippen molar-refractivity contribution in [3.05, 3.63) is 24.4 Å². The molecule has 1 aliphatic carbocycles. The van der Waals surface area contributed by atoms with Gasteiger partial charge in [0.25, 0.3) is 0 Å². The van der Waals surface area contributed by atoms with E-state index in [4.69, 9.17) is 9.47 Å². The maximum absolute atomic E-state index is 12.0. The summed E-state index contributed by atoms with van der Waals surface area (Å²) in [5, 5.41) is 12.9. The molecule has 1 saturated carbocycles. The van der Waals surface area contributed by atoms with E-state index in [0.717, 1.165) is 29.3 Å². The number of ether oxygens (including phenoxy) is 2. The third kappa shape index (κ3) is 3.63. The first-order chi connectivity index (χ1) is 11.3. The zero-order chi connectivity index (χ0) is 15.6. The molecule has 0 radical (unpaired) electrons. The molecule has 1 amide bonds. The van der Waals surface area contributed by atoms with Gasteiger partial charge in [-0.3, -0.25) is 9.89 Å². The molecule has 1 aromatic heterocycles. The van der Waals surface area contributed by atoms with Crippen molar-refractivity contribution in [2.24, 2.45) is 5.92 Å². The minimum Gasteiger partial charge on any atom is -0.454 e. The number of anilines is 1. The quantitative estimate of drug-likeness (QED) is 0.743. The van der Waals surface area contributed by atoms with Crippen LogP contribution in [0.5, 0.6) is 11.5 Å². The number of benzene rings is 1. The van der Waals surface area contributed by atoms with Crippen LogP contribution in [0.1, 0.15) is 12.8 Å². The van der Waals surface area contributed by atoms with Crippen LogP contribution in [0.15, 0.2) is 24.4 Å². The molecule has 7 nitrogen and oxygen atoms in total. The minimum absolute atomic E-state index is 0. The Bertz CT molecular complexity index is 730.